The second kappa shape index (κ2) is 6.80. The van der Waals surface area contributed by atoms with Gasteiger partial charge in [-0.05, 0) is 41.2 Å². The van der Waals surface area contributed by atoms with Crippen molar-refractivity contribution in [2.24, 2.45) is 0 Å². The molecular weight excluding hydrogens is 256 g/mol. The Kier molecular flexibility index (Phi) is 5.65. The molecule has 0 aromatic carbocycles. The molecular formula is C11H17BrN2O. The molecule has 0 saturated carbocycles. The summed E-state index contributed by atoms with van der Waals surface area (Å²) in [5.74, 6) is 0.824. The molecule has 15 heavy (non-hydrogen) atoms. The normalized spacial score (nSPS) is 10.7. The molecule has 3 nitrogen and oxygen atoms in total. The van der Waals surface area contributed by atoms with E-state index in [1.165, 1.54) is 0 Å². The van der Waals surface area contributed by atoms with Crippen LogP contribution in [0.1, 0.15) is 13.8 Å². The number of halogens is 1. The van der Waals surface area contributed by atoms with E-state index < -0.39 is 0 Å². The van der Waals surface area contributed by atoms with Crippen LogP contribution in [0.15, 0.2) is 22.9 Å². The molecule has 84 valence electrons. The third-order valence-electron chi connectivity index (χ3n) is 2.27. The van der Waals surface area contributed by atoms with E-state index in [1.54, 1.807) is 6.20 Å². The Balaban J connectivity index is 2.28. The summed E-state index contributed by atoms with van der Waals surface area (Å²) in [7, 11) is 0. The number of ether oxygens (including phenoxy) is 1. The van der Waals surface area contributed by atoms with E-state index in [9.17, 15) is 0 Å². The van der Waals surface area contributed by atoms with Gasteiger partial charge in [-0.15, -0.1) is 0 Å². The van der Waals surface area contributed by atoms with E-state index in [0.717, 1.165) is 30.0 Å². The fourth-order valence-electron chi connectivity index (χ4n) is 1.28. The van der Waals surface area contributed by atoms with Crippen molar-refractivity contribution in [2.75, 3.05) is 26.2 Å². The van der Waals surface area contributed by atoms with Crippen LogP contribution >= 0.6 is 15.9 Å². The summed E-state index contributed by atoms with van der Waals surface area (Å²) in [4.78, 5) is 6.42. The standard InChI is InChI=1S/C11H17BrN2O/c1-3-14(4-2)7-8-15-10-5-6-11(12)13-9-10/h5-6,9H,3-4,7-8H2,1-2H3. The minimum absolute atomic E-state index is 0.713. The Morgan fingerprint density at radius 1 is 1.33 bits per heavy atom. The maximum Gasteiger partial charge on any atom is 0.137 e. The van der Waals surface area contributed by atoms with Gasteiger partial charge >= 0.3 is 0 Å². The van der Waals surface area contributed by atoms with Gasteiger partial charge in [0.15, 0.2) is 0 Å². The van der Waals surface area contributed by atoms with E-state index >= 15 is 0 Å². The molecule has 1 rings (SSSR count). The monoisotopic (exact) mass is 272 g/mol. The number of hydrogen-bond donors (Lipinski definition) is 0. The first-order valence-electron chi connectivity index (χ1n) is 5.23. The fourth-order valence-corrected chi connectivity index (χ4v) is 1.51. The Morgan fingerprint density at radius 3 is 2.60 bits per heavy atom. The summed E-state index contributed by atoms with van der Waals surface area (Å²) in [6.45, 7) is 8.13. The molecule has 0 amide bonds. The molecule has 0 fully saturated rings. The van der Waals surface area contributed by atoms with Crippen LogP contribution in [0.2, 0.25) is 0 Å². The van der Waals surface area contributed by atoms with E-state index in [1.807, 2.05) is 12.1 Å². The van der Waals surface area contributed by atoms with Gasteiger partial charge in [-0.2, -0.15) is 0 Å². The zero-order chi connectivity index (χ0) is 11.1. The van der Waals surface area contributed by atoms with Crippen molar-refractivity contribution >= 4 is 15.9 Å². The number of aromatic nitrogens is 1. The zero-order valence-electron chi connectivity index (χ0n) is 9.24. The maximum atomic E-state index is 5.57. The molecule has 0 aliphatic heterocycles. The predicted molar refractivity (Wildman–Crippen MR) is 65.2 cm³/mol. The first kappa shape index (κ1) is 12.5. The molecule has 1 aromatic heterocycles. The van der Waals surface area contributed by atoms with Crippen LogP contribution in [0.25, 0.3) is 0 Å². The smallest absolute Gasteiger partial charge is 0.137 e. The third-order valence-corrected chi connectivity index (χ3v) is 2.74. The molecule has 1 heterocycles. The van der Waals surface area contributed by atoms with Gasteiger partial charge in [0.25, 0.3) is 0 Å². The molecule has 0 spiro atoms. The lowest BCUT2D eigenvalue weighted by Crippen LogP contribution is -2.27. The van der Waals surface area contributed by atoms with Crippen LogP contribution in [0.5, 0.6) is 5.75 Å². The van der Waals surface area contributed by atoms with Crippen LogP contribution in [0.3, 0.4) is 0 Å². The van der Waals surface area contributed by atoms with Crippen LogP contribution in [-0.2, 0) is 0 Å². The van der Waals surface area contributed by atoms with Crippen molar-refractivity contribution in [3.63, 3.8) is 0 Å². The Hall–Kier alpha value is -0.610. The molecule has 4 heteroatoms. The lowest BCUT2D eigenvalue weighted by atomic mass is 10.4. The number of pyridine rings is 1. The number of likely N-dealkylation sites (N-methyl/N-ethyl adjacent to an activating group) is 1. The summed E-state index contributed by atoms with van der Waals surface area (Å²) in [6, 6.07) is 3.80. The summed E-state index contributed by atoms with van der Waals surface area (Å²) >= 11 is 3.28. The van der Waals surface area contributed by atoms with Gasteiger partial charge in [-0.3, -0.25) is 0 Å². The topological polar surface area (TPSA) is 25.4 Å². The lowest BCUT2D eigenvalue weighted by molar-refractivity contribution is 0.222. The predicted octanol–water partition coefficient (Wildman–Crippen LogP) is 2.56. The van der Waals surface area contributed by atoms with Crippen molar-refractivity contribution in [1.29, 1.82) is 0 Å². The second-order valence-electron chi connectivity index (χ2n) is 3.19. The van der Waals surface area contributed by atoms with Crippen LogP contribution < -0.4 is 4.74 Å². The third kappa shape index (κ3) is 4.62. The molecule has 0 saturated heterocycles. The highest BCUT2D eigenvalue weighted by atomic mass is 79.9. The summed E-state index contributed by atoms with van der Waals surface area (Å²) in [5.41, 5.74) is 0. The molecule has 0 atom stereocenters. The highest BCUT2D eigenvalue weighted by Crippen LogP contribution is 2.12. The highest BCUT2D eigenvalue weighted by Gasteiger charge is 1.99. The van der Waals surface area contributed by atoms with E-state index in [0.29, 0.717) is 6.61 Å². The number of rotatable bonds is 6. The zero-order valence-corrected chi connectivity index (χ0v) is 10.8. The molecule has 1 aromatic rings. The molecule has 0 radical (unpaired) electrons. The lowest BCUT2D eigenvalue weighted by Gasteiger charge is -2.17. The van der Waals surface area contributed by atoms with Gasteiger partial charge in [-0.25, -0.2) is 4.98 Å². The minimum atomic E-state index is 0.713. The van der Waals surface area contributed by atoms with Crippen LogP contribution in [-0.4, -0.2) is 36.1 Å². The summed E-state index contributed by atoms with van der Waals surface area (Å²) < 4.78 is 6.40. The molecule has 0 bridgehead atoms. The van der Waals surface area contributed by atoms with Crippen LogP contribution in [0.4, 0.5) is 0 Å². The van der Waals surface area contributed by atoms with Gasteiger partial charge < -0.3 is 9.64 Å². The SMILES string of the molecule is CCN(CC)CCOc1ccc(Br)nc1. The van der Waals surface area contributed by atoms with Crippen LogP contribution in [0, 0.1) is 0 Å². The number of hydrogen-bond acceptors (Lipinski definition) is 3. The average Bonchev–Trinajstić information content (AvgIpc) is 2.27. The first-order chi connectivity index (χ1) is 7.26. The molecule has 0 N–H and O–H groups in total. The van der Waals surface area contributed by atoms with Crippen molar-refractivity contribution in [2.45, 2.75) is 13.8 Å². The van der Waals surface area contributed by atoms with E-state index in [2.05, 4.69) is 39.7 Å². The van der Waals surface area contributed by atoms with Crippen molar-refractivity contribution in [3.8, 4) is 5.75 Å². The Bertz CT molecular complexity index is 272. The average molecular weight is 273 g/mol. The molecule has 0 aliphatic rings. The largest absolute Gasteiger partial charge is 0.491 e. The van der Waals surface area contributed by atoms with E-state index in [-0.39, 0.29) is 0 Å². The summed E-state index contributed by atoms with van der Waals surface area (Å²) in [5, 5.41) is 0. The maximum absolute atomic E-state index is 5.57. The Labute approximate surface area is 99.6 Å². The van der Waals surface area contributed by atoms with E-state index in [4.69, 9.17) is 4.74 Å². The fraction of sp³-hybridized carbons (Fsp3) is 0.545. The van der Waals surface area contributed by atoms with Crippen molar-refractivity contribution in [1.82, 2.24) is 9.88 Å². The molecule has 0 unspecified atom stereocenters. The molecule has 0 aliphatic carbocycles. The van der Waals surface area contributed by atoms with Crippen molar-refractivity contribution < 1.29 is 4.74 Å². The van der Waals surface area contributed by atoms with Gasteiger partial charge in [0.2, 0.25) is 0 Å². The van der Waals surface area contributed by atoms with Crippen molar-refractivity contribution in [3.05, 3.63) is 22.9 Å². The summed E-state index contributed by atoms with van der Waals surface area (Å²) in [6.07, 6.45) is 1.73. The minimum Gasteiger partial charge on any atom is -0.491 e. The first-order valence-corrected chi connectivity index (χ1v) is 6.02. The number of nitrogens with zero attached hydrogens (tertiary/aromatic N) is 2. The van der Waals surface area contributed by atoms with Gasteiger partial charge in [-0.1, -0.05) is 13.8 Å². The van der Waals surface area contributed by atoms with Gasteiger partial charge in [0, 0.05) is 6.54 Å². The van der Waals surface area contributed by atoms with Gasteiger partial charge in [0.1, 0.15) is 17.0 Å². The Morgan fingerprint density at radius 2 is 2.07 bits per heavy atom. The van der Waals surface area contributed by atoms with Gasteiger partial charge in [0.05, 0.1) is 6.20 Å². The highest BCUT2D eigenvalue weighted by molar-refractivity contribution is 9.10. The second-order valence-corrected chi connectivity index (χ2v) is 4.00. The quantitative estimate of drug-likeness (QED) is 0.745.